The van der Waals surface area contributed by atoms with Crippen LogP contribution in [0.25, 0.3) is 0 Å². The van der Waals surface area contributed by atoms with E-state index in [2.05, 4.69) is 4.98 Å². The summed E-state index contributed by atoms with van der Waals surface area (Å²) in [5, 5.41) is 0.403. The van der Waals surface area contributed by atoms with Crippen molar-refractivity contribution in [2.24, 2.45) is 0 Å². The summed E-state index contributed by atoms with van der Waals surface area (Å²) in [5.74, 6) is 0.603. The maximum absolute atomic E-state index is 12.3. The standard InChI is InChI=1S/C10H11ClF3NOS/c1-2-16-3-4-17-9-8(11)5-7(6-15-9)10(12,13)14/h5-6H,2-4H2,1H3. The number of halogens is 4. The van der Waals surface area contributed by atoms with Gasteiger partial charge in [0.2, 0.25) is 0 Å². The van der Waals surface area contributed by atoms with E-state index in [-0.39, 0.29) is 5.02 Å². The average molecular weight is 286 g/mol. The summed E-state index contributed by atoms with van der Waals surface area (Å²) in [6.07, 6.45) is -3.62. The van der Waals surface area contributed by atoms with E-state index in [9.17, 15) is 13.2 Å². The first kappa shape index (κ1) is 14.6. The van der Waals surface area contributed by atoms with Gasteiger partial charge in [0.1, 0.15) is 5.03 Å². The van der Waals surface area contributed by atoms with Crippen LogP contribution in [-0.2, 0) is 10.9 Å². The number of ether oxygens (including phenoxy) is 1. The van der Waals surface area contributed by atoms with Crippen LogP contribution in [-0.4, -0.2) is 24.0 Å². The molecule has 0 spiro atoms. The third-order valence-corrected chi connectivity index (χ3v) is 3.18. The Labute approximate surface area is 107 Å². The number of pyridine rings is 1. The molecule has 17 heavy (non-hydrogen) atoms. The van der Waals surface area contributed by atoms with Crippen LogP contribution < -0.4 is 0 Å². The molecule has 7 heteroatoms. The highest BCUT2D eigenvalue weighted by atomic mass is 35.5. The lowest BCUT2D eigenvalue weighted by molar-refractivity contribution is -0.137. The Morgan fingerprint density at radius 3 is 2.71 bits per heavy atom. The Balaban J connectivity index is 2.64. The van der Waals surface area contributed by atoms with Crippen LogP contribution in [0.1, 0.15) is 12.5 Å². The molecular weight excluding hydrogens is 275 g/mol. The van der Waals surface area contributed by atoms with Crippen molar-refractivity contribution in [1.82, 2.24) is 4.98 Å². The summed E-state index contributed by atoms with van der Waals surface area (Å²) in [6, 6.07) is 0.886. The van der Waals surface area contributed by atoms with Crippen molar-refractivity contribution in [2.45, 2.75) is 18.1 Å². The van der Waals surface area contributed by atoms with E-state index < -0.39 is 11.7 Å². The van der Waals surface area contributed by atoms with Gasteiger partial charge in [0.25, 0.3) is 0 Å². The molecule has 1 heterocycles. The number of thioether (sulfide) groups is 1. The molecule has 0 unspecified atom stereocenters. The van der Waals surface area contributed by atoms with Gasteiger partial charge in [-0.3, -0.25) is 0 Å². The minimum atomic E-state index is -4.41. The monoisotopic (exact) mass is 285 g/mol. The van der Waals surface area contributed by atoms with Crippen LogP contribution in [0.2, 0.25) is 5.02 Å². The predicted octanol–water partition coefficient (Wildman–Crippen LogP) is 3.88. The van der Waals surface area contributed by atoms with Gasteiger partial charge < -0.3 is 4.74 Å². The van der Waals surface area contributed by atoms with Crippen LogP contribution in [0.4, 0.5) is 13.2 Å². The highest BCUT2D eigenvalue weighted by molar-refractivity contribution is 7.99. The zero-order chi connectivity index (χ0) is 12.9. The van der Waals surface area contributed by atoms with Crippen molar-refractivity contribution in [1.29, 1.82) is 0 Å². The minimum absolute atomic E-state index is 0.0151. The minimum Gasteiger partial charge on any atom is -0.381 e. The number of hydrogen-bond acceptors (Lipinski definition) is 3. The molecule has 0 radical (unpaired) electrons. The smallest absolute Gasteiger partial charge is 0.381 e. The van der Waals surface area contributed by atoms with Crippen LogP contribution in [0, 0.1) is 0 Å². The van der Waals surface area contributed by atoms with Crippen molar-refractivity contribution in [2.75, 3.05) is 19.0 Å². The molecule has 0 aliphatic heterocycles. The molecular formula is C10H11ClF3NOS. The molecule has 2 nitrogen and oxygen atoms in total. The van der Waals surface area contributed by atoms with Gasteiger partial charge in [-0.15, -0.1) is 11.8 Å². The van der Waals surface area contributed by atoms with Gasteiger partial charge in [0.15, 0.2) is 0 Å². The third kappa shape index (κ3) is 4.73. The van der Waals surface area contributed by atoms with Crippen molar-refractivity contribution in [3.8, 4) is 0 Å². The van der Waals surface area contributed by atoms with Crippen LogP contribution >= 0.6 is 23.4 Å². The van der Waals surface area contributed by atoms with Crippen molar-refractivity contribution in [3.05, 3.63) is 22.8 Å². The second kappa shape index (κ2) is 6.47. The maximum atomic E-state index is 12.3. The van der Waals surface area contributed by atoms with Gasteiger partial charge in [0.05, 0.1) is 17.2 Å². The number of nitrogens with zero attached hydrogens (tertiary/aromatic N) is 1. The first-order chi connectivity index (χ1) is 7.95. The zero-order valence-electron chi connectivity index (χ0n) is 9.05. The SMILES string of the molecule is CCOCCSc1ncc(C(F)(F)F)cc1Cl. The number of hydrogen-bond donors (Lipinski definition) is 0. The Kier molecular flexibility index (Phi) is 5.55. The summed E-state index contributed by atoms with van der Waals surface area (Å²) in [7, 11) is 0. The maximum Gasteiger partial charge on any atom is 0.417 e. The van der Waals surface area contributed by atoms with E-state index in [1.165, 1.54) is 11.8 Å². The van der Waals surface area contributed by atoms with Gasteiger partial charge in [-0.1, -0.05) is 11.6 Å². The Hall–Kier alpha value is -0.460. The molecule has 0 aliphatic rings. The lowest BCUT2D eigenvalue weighted by Gasteiger charge is -2.08. The van der Waals surface area contributed by atoms with Crippen molar-refractivity contribution in [3.63, 3.8) is 0 Å². The first-order valence-electron chi connectivity index (χ1n) is 4.88. The van der Waals surface area contributed by atoms with Crippen LogP contribution in [0.15, 0.2) is 17.3 Å². The van der Waals surface area contributed by atoms with Gasteiger partial charge >= 0.3 is 6.18 Å². The molecule has 0 aliphatic carbocycles. The Bertz CT molecular complexity index is 373. The molecule has 0 bridgehead atoms. The predicted molar refractivity (Wildman–Crippen MR) is 61.5 cm³/mol. The second-order valence-corrected chi connectivity index (χ2v) is 4.54. The molecule has 0 atom stereocenters. The van der Waals surface area contributed by atoms with Crippen LogP contribution in [0.3, 0.4) is 0 Å². The summed E-state index contributed by atoms with van der Waals surface area (Å²) in [4.78, 5) is 3.70. The Morgan fingerprint density at radius 2 is 2.18 bits per heavy atom. The molecule has 0 aromatic carbocycles. The molecule has 0 saturated heterocycles. The summed E-state index contributed by atoms with van der Waals surface area (Å²) >= 11 is 7.00. The highest BCUT2D eigenvalue weighted by Gasteiger charge is 2.31. The lowest BCUT2D eigenvalue weighted by atomic mass is 10.3. The lowest BCUT2D eigenvalue weighted by Crippen LogP contribution is -2.06. The van der Waals surface area contributed by atoms with E-state index >= 15 is 0 Å². The van der Waals surface area contributed by atoms with E-state index in [0.717, 1.165) is 12.3 Å². The fourth-order valence-electron chi connectivity index (χ4n) is 1.03. The third-order valence-electron chi connectivity index (χ3n) is 1.81. The topological polar surface area (TPSA) is 22.1 Å². The van der Waals surface area contributed by atoms with Crippen molar-refractivity contribution < 1.29 is 17.9 Å². The van der Waals surface area contributed by atoms with Crippen LogP contribution in [0.5, 0.6) is 0 Å². The quantitative estimate of drug-likeness (QED) is 0.605. The summed E-state index contributed by atoms with van der Waals surface area (Å²) in [5.41, 5.74) is -0.836. The second-order valence-electron chi connectivity index (χ2n) is 3.05. The zero-order valence-corrected chi connectivity index (χ0v) is 10.6. The number of aromatic nitrogens is 1. The number of rotatable bonds is 5. The van der Waals surface area contributed by atoms with Gasteiger partial charge in [-0.2, -0.15) is 13.2 Å². The van der Waals surface area contributed by atoms with E-state index in [1.54, 1.807) is 0 Å². The van der Waals surface area contributed by atoms with E-state index in [4.69, 9.17) is 16.3 Å². The molecule has 0 N–H and O–H groups in total. The normalized spacial score (nSPS) is 11.8. The molecule has 0 fully saturated rings. The fraction of sp³-hybridized carbons (Fsp3) is 0.500. The molecule has 1 aromatic heterocycles. The van der Waals surface area contributed by atoms with Gasteiger partial charge in [-0.05, 0) is 13.0 Å². The van der Waals surface area contributed by atoms with E-state index in [0.29, 0.717) is 24.0 Å². The fourth-order valence-corrected chi connectivity index (χ4v) is 2.08. The largest absolute Gasteiger partial charge is 0.417 e. The number of alkyl halides is 3. The summed E-state index contributed by atoms with van der Waals surface area (Å²) < 4.78 is 42.1. The first-order valence-corrected chi connectivity index (χ1v) is 6.24. The summed E-state index contributed by atoms with van der Waals surface area (Å²) in [6.45, 7) is 2.99. The van der Waals surface area contributed by atoms with Gasteiger partial charge in [-0.25, -0.2) is 4.98 Å². The Morgan fingerprint density at radius 1 is 1.47 bits per heavy atom. The van der Waals surface area contributed by atoms with Gasteiger partial charge in [0, 0.05) is 18.6 Å². The molecule has 0 saturated carbocycles. The van der Waals surface area contributed by atoms with Crippen molar-refractivity contribution >= 4 is 23.4 Å². The highest BCUT2D eigenvalue weighted by Crippen LogP contribution is 2.33. The molecule has 1 rings (SSSR count). The molecule has 96 valence electrons. The average Bonchev–Trinajstić information content (AvgIpc) is 2.24. The van der Waals surface area contributed by atoms with E-state index in [1.807, 2.05) is 6.92 Å². The molecule has 1 aromatic rings. The molecule has 0 amide bonds.